The zero-order valence-electron chi connectivity index (χ0n) is 13.4. The molecular weight excluding hydrogens is 246 g/mol. The van der Waals surface area contributed by atoms with Crippen molar-refractivity contribution in [1.29, 1.82) is 0 Å². The molecule has 7 unspecified atom stereocenters. The Bertz CT molecular complexity index is 437. The van der Waals surface area contributed by atoms with E-state index in [1.165, 1.54) is 25.7 Å². The maximum atomic E-state index is 12.9. The quantitative estimate of drug-likeness (QED) is 0.731. The first kappa shape index (κ1) is 13.3. The highest BCUT2D eigenvalue weighted by Crippen LogP contribution is 2.63. The van der Waals surface area contributed by atoms with E-state index in [1.807, 2.05) is 0 Å². The van der Waals surface area contributed by atoms with Crippen LogP contribution < -0.4 is 0 Å². The normalized spacial score (nSPS) is 50.5. The highest BCUT2D eigenvalue weighted by molar-refractivity contribution is 5.86. The predicted octanol–water partition coefficient (Wildman–Crippen LogP) is 3.36. The smallest absolute Gasteiger partial charge is 0.141 e. The van der Waals surface area contributed by atoms with Crippen molar-refractivity contribution in [3.8, 4) is 0 Å². The van der Waals surface area contributed by atoms with Gasteiger partial charge in [-0.05, 0) is 56.4 Å². The number of rotatable bonds is 1. The minimum Gasteiger partial charge on any atom is -0.300 e. The van der Waals surface area contributed by atoms with Gasteiger partial charge >= 0.3 is 0 Å². The van der Waals surface area contributed by atoms with Crippen molar-refractivity contribution in [1.82, 2.24) is 4.90 Å². The molecule has 20 heavy (non-hydrogen) atoms. The first-order valence-corrected chi connectivity index (χ1v) is 8.66. The Morgan fingerprint density at radius 1 is 1.00 bits per heavy atom. The average Bonchev–Trinajstić information content (AvgIpc) is 3.11. The molecule has 2 bridgehead atoms. The van der Waals surface area contributed by atoms with Crippen LogP contribution in [0.3, 0.4) is 0 Å². The van der Waals surface area contributed by atoms with Crippen molar-refractivity contribution in [2.45, 2.75) is 65.0 Å². The van der Waals surface area contributed by atoms with Gasteiger partial charge in [0.05, 0.1) is 0 Å². The minimum absolute atomic E-state index is 0.155. The first-order chi connectivity index (χ1) is 9.39. The van der Waals surface area contributed by atoms with E-state index in [4.69, 9.17) is 0 Å². The molecule has 0 aromatic heterocycles. The summed E-state index contributed by atoms with van der Waals surface area (Å²) in [6, 6.07) is 1.62. The number of ketones is 1. The van der Waals surface area contributed by atoms with Crippen LogP contribution in [-0.4, -0.2) is 29.8 Å². The van der Waals surface area contributed by atoms with Gasteiger partial charge < -0.3 is 0 Å². The molecule has 0 amide bonds. The molecule has 0 aromatic carbocycles. The van der Waals surface area contributed by atoms with E-state index < -0.39 is 0 Å². The van der Waals surface area contributed by atoms with Gasteiger partial charge in [0.2, 0.25) is 0 Å². The molecule has 112 valence electrons. The van der Waals surface area contributed by atoms with E-state index in [1.54, 1.807) is 0 Å². The molecule has 4 fully saturated rings. The van der Waals surface area contributed by atoms with Crippen LogP contribution in [-0.2, 0) is 4.79 Å². The van der Waals surface area contributed by atoms with Crippen LogP contribution in [0.5, 0.6) is 0 Å². The van der Waals surface area contributed by atoms with Crippen molar-refractivity contribution >= 4 is 5.78 Å². The minimum atomic E-state index is -0.155. The molecule has 2 heterocycles. The van der Waals surface area contributed by atoms with E-state index in [-0.39, 0.29) is 5.41 Å². The second kappa shape index (κ2) is 4.09. The predicted molar refractivity (Wildman–Crippen MR) is 80.3 cm³/mol. The largest absolute Gasteiger partial charge is 0.300 e. The van der Waals surface area contributed by atoms with Gasteiger partial charge in [0.1, 0.15) is 5.78 Å². The van der Waals surface area contributed by atoms with E-state index in [0.717, 1.165) is 36.3 Å². The summed E-state index contributed by atoms with van der Waals surface area (Å²) in [5, 5.41) is 0. The summed E-state index contributed by atoms with van der Waals surface area (Å²) in [6.07, 6.45) is 6.62. The monoisotopic (exact) mass is 275 g/mol. The first-order valence-electron chi connectivity index (χ1n) is 8.66. The molecular formula is C18H29NO. The fourth-order valence-corrected chi connectivity index (χ4v) is 6.08. The molecule has 0 radical (unpaired) electrons. The Morgan fingerprint density at radius 2 is 1.75 bits per heavy atom. The lowest BCUT2D eigenvalue weighted by molar-refractivity contribution is -0.137. The Hall–Kier alpha value is -0.370. The molecule has 7 atom stereocenters. The summed E-state index contributed by atoms with van der Waals surface area (Å²) in [5.74, 6) is 4.41. The van der Waals surface area contributed by atoms with E-state index in [2.05, 4.69) is 32.7 Å². The highest BCUT2D eigenvalue weighted by atomic mass is 16.1. The van der Waals surface area contributed by atoms with E-state index in [0.29, 0.717) is 17.6 Å². The van der Waals surface area contributed by atoms with Gasteiger partial charge in [0, 0.05) is 23.4 Å². The number of hydrogen-bond acceptors (Lipinski definition) is 2. The summed E-state index contributed by atoms with van der Waals surface area (Å²) in [6.45, 7) is 6.33. The zero-order valence-corrected chi connectivity index (χ0v) is 13.4. The molecule has 2 nitrogen and oxygen atoms in total. The van der Waals surface area contributed by atoms with E-state index >= 15 is 0 Å². The Labute approximate surface area is 123 Å². The summed E-state index contributed by atoms with van der Waals surface area (Å²) in [4.78, 5) is 15.6. The number of fused-ring (bicyclic) bond motifs is 7. The average molecular weight is 275 g/mol. The van der Waals surface area contributed by atoms with E-state index in [9.17, 15) is 4.79 Å². The molecule has 2 saturated carbocycles. The van der Waals surface area contributed by atoms with Crippen LogP contribution in [0, 0.1) is 35.0 Å². The number of carbonyl (C=O) groups excluding carboxylic acids is 1. The number of piperidine rings is 2. The molecule has 2 aliphatic heterocycles. The molecule has 0 aromatic rings. The summed E-state index contributed by atoms with van der Waals surface area (Å²) in [7, 11) is 2.35. The fraction of sp³-hybridized carbons (Fsp3) is 0.944. The fourth-order valence-electron chi connectivity index (χ4n) is 6.08. The van der Waals surface area contributed by atoms with Crippen molar-refractivity contribution in [3.05, 3.63) is 0 Å². The SMILES string of the molecule is CN1C2CC3C(C(=O)C(C)(C)C)CCCC3C1C1CC12. The lowest BCUT2D eigenvalue weighted by Crippen LogP contribution is -2.54. The van der Waals surface area contributed by atoms with Crippen molar-refractivity contribution in [2.24, 2.45) is 35.0 Å². The maximum absolute atomic E-state index is 12.9. The Balaban J connectivity index is 1.62. The molecule has 2 saturated heterocycles. The van der Waals surface area contributed by atoms with Gasteiger partial charge in [-0.3, -0.25) is 9.69 Å². The topological polar surface area (TPSA) is 20.3 Å². The molecule has 4 rings (SSSR count). The van der Waals surface area contributed by atoms with Crippen LogP contribution in [0.25, 0.3) is 0 Å². The van der Waals surface area contributed by atoms with Gasteiger partial charge in [-0.1, -0.05) is 27.2 Å². The molecule has 0 spiro atoms. The molecule has 0 N–H and O–H groups in total. The summed E-state index contributed by atoms with van der Waals surface area (Å²) < 4.78 is 0. The number of nitrogens with zero attached hydrogens (tertiary/aromatic N) is 1. The third-order valence-electron chi connectivity index (χ3n) is 6.97. The molecule has 4 aliphatic rings. The third-order valence-corrected chi connectivity index (χ3v) is 6.97. The molecule has 2 heteroatoms. The second-order valence-electron chi connectivity index (χ2n) is 9.00. The van der Waals surface area contributed by atoms with Gasteiger partial charge in [0.25, 0.3) is 0 Å². The van der Waals surface area contributed by atoms with Crippen molar-refractivity contribution in [2.75, 3.05) is 7.05 Å². The molecule has 2 aliphatic carbocycles. The summed E-state index contributed by atoms with van der Waals surface area (Å²) in [5.41, 5.74) is -0.155. The van der Waals surface area contributed by atoms with Crippen LogP contribution in [0.15, 0.2) is 0 Å². The van der Waals surface area contributed by atoms with Crippen LogP contribution >= 0.6 is 0 Å². The van der Waals surface area contributed by atoms with Gasteiger partial charge in [-0.2, -0.15) is 0 Å². The highest BCUT2D eigenvalue weighted by Gasteiger charge is 2.64. The van der Waals surface area contributed by atoms with Crippen molar-refractivity contribution in [3.63, 3.8) is 0 Å². The lowest BCUT2D eigenvalue weighted by atomic mass is 9.61. The Morgan fingerprint density at radius 3 is 2.45 bits per heavy atom. The zero-order chi connectivity index (χ0) is 14.2. The third kappa shape index (κ3) is 1.70. The number of hydrogen-bond donors (Lipinski definition) is 0. The maximum Gasteiger partial charge on any atom is 0.141 e. The van der Waals surface area contributed by atoms with Crippen molar-refractivity contribution < 1.29 is 4.79 Å². The van der Waals surface area contributed by atoms with Crippen LogP contribution in [0.2, 0.25) is 0 Å². The summed E-state index contributed by atoms with van der Waals surface area (Å²) >= 11 is 0. The number of Topliss-reactive ketones (excluding diaryl/α,β-unsaturated/α-hetero) is 1. The standard InChI is InChI=1S/C18H29NO/c1-18(2,3)17(20)11-7-5-6-10-12(11)9-15-13-8-14(13)16(10)19(15)4/h10-16H,5-9H2,1-4H3. The van der Waals surface area contributed by atoms with Gasteiger partial charge in [0.15, 0.2) is 0 Å². The second-order valence-corrected chi connectivity index (χ2v) is 9.00. The van der Waals surface area contributed by atoms with Gasteiger partial charge in [-0.15, -0.1) is 0 Å². The van der Waals surface area contributed by atoms with Crippen LogP contribution in [0.4, 0.5) is 0 Å². The Kier molecular flexibility index (Phi) is 2.72. The lowest BCUT2D eigenvalue weighted by Gasteiger charge is -2.50. The number of carbonyl (C=O) groups is 1. The van der Waals surface area contributed by atoms with Gasteiger partial charge in [-0.25, -0.2) is 0 Å². The van der Waals surface area contributed by atoms with Crippen LogP contribution in [0.1, 0.15) is 52.9 Å².